The summed E-state index contributed by atoms with van der Waals surface area (Å²) in [4.78, 5) is 25.1. The van der Waals surface area contributed by atoms with Crippen LogP contribution >= 0.6 is 0 Å². The fraction of sp³-hybridized carbons (Fsp3) is 0.800. The van der Waals surface area contributed by atoms with Crippen molar-refractivity contribution in [2.24, 2.45) is 11.8 Å². The summed E-state index contributed by atoms with van der Waals surface area (Å²) in [5, 5.41) is 8.77. The SMILES string of the molecule is CCCCC(CC)CN(CC(CC)CCCC)C(=O)/C=C/C(=O)O. The second-order valence-electron chi connectivity index (χ2n) is 6.75. The van der Waals surface area contributed by atoms with Gasteiger partial charge < -0.3 is 10.0 Å². The van der Waals surface area contributed by atoms with Gasteiger partial charge in [-0.15, -0.1) is 0 Å². The largest absolute Gasteiger partial charge is 0.478 e. The van der Waals surface area contributed by atoms with Gasteiger partial charge in [0.25, 0.3) is 0 Å². The third kappa shape index (κ3) is 10.5. The van der Waals surface area contributed by atoms with Gasteiger partial charge in [-0.25, -0.2) is 4.79 Å². The second kappa shape index (κ2) is 14.1. The lowest BCUT2D eigenvalue weighted by molar-refractivity contribution is -0.132. The standard InChI is InChI=1S/C20H37NO3/c1-5-9-11-17(7-3)15-21(19(22)13-14-20(23)24)16-18(8-4)12-10-6-2/h13-14,17-18H,5-12,15-16H2,1-4H3,(H,23,24)/b14-13+. The Morgan fingerprint density at radius 1 is 0.875 bits per heavy atom. The average Bonchev–Trinajstić information content (AvgIpc) is 2.58. The van der Waals surface area contributed by atoms with E-state index in [2.05, 4.69) is 27.7 Å². The van der Waals surface area contributed by atoms with Crippen LogP contribution in [0.15, 0.2) is 12.2 Å². The van der Waals surface area contributed by atoms with Gasteiger partial charge in [0.1, 0.15) is 0 Å². The molecule has 0 aliphatic heterocycles. The fourth-order valence-corrected chi connectivity index (χ4v) is 2.96. The summed E-state index contributed by atoms with van der Waals surface area (Å²) in [7, 11) is 0. The molecule has 1 N–H and O–H groups in total. The van der Waals surface area contributed by atoms with Crippen molar-refractivity contribution in [3.8, 4) is 0 Å². The van der Waals surface area contributed by atoms with E-state index >= 15 is 0 Å². The van der Waals surface area contributed by atoms with Crippen LogP contribution in [0.5, 0.6) is 0 Å². The number of carboxylic acid groups (broad SMARTS) is 1. The number of unbranched alkanes of at least 4 members (excludes halogenated alkanes) is 2. The van der Waals surface area contributed by atoms with Gasteiger partial charge in [0, 0.05) is 25.2 Å². The van der Waals surface area contributed by atoms with Crippen molar-refractivity contribution in [2.75, 3.05) is 13.1 Å². The molecule has 0 spiro atoms. The number of carbonyl (C=O) groups excluding carboxylic acids is 1. The Bertz CT molecular complexity index is 361. The Hall–Kier alpha value is -1.32. The topological polar surface area (TPSA) is 57.6 Å². The van der Waals surface area contributed by atoms with Crippen LogP contribution in [0.3, 0.4) is 0 Å². The number of hydrogen-bond donors (Lipinski definition) is 1. The van der Waals surface area contributed by atoms with Gasteiger partial charge >= 0.3 is 5.97 Å². The van der Waals surface area contributed by atoms with Crippen molar-refractivity contribution in [1.29, 1.82) is 0 Å². The van der Waals surface area contributed by atoms with E-state index in [9.17, 15) is 9.59 Å². The van der Waals surface area contributed by atoms with E-state index in [4.69, 9.17) is 5.11 Å². The Kier molecular flexibility index (Phi) is 13.3. The molecule has 0 heterocycles. The lowest BCUT2D eigenvalue weighted by Gasteiger charge is -2.30. The molecule has 4 nitrogen and oxygen atoms in total. The molecule has 140 valence electrons. The maximum atomic E-state index is 12.5. The van der Waals surface area contributed by atoms with E-state index in [0.29, 0.717) is 11.8 Å². The molecule has 0 radical (unpaired) electrons. The maximum absolute atomic E-state index is 12.5. The molecule has 4 heteroatoms. The van der Waals surface area contributed by atoms with Gasteiger partial charge in [-0.2, -0.15) is 0 Å². The summed E-state index contributed by atoms with van der Waals surface area (Å²) in [5.74, 6) is -0.242. The van der Waals surface area contributed by atoms with Crippen LogP contribution in [0.1, 0.15) is 79.1 Å². The summed E-state index contributed by atoms with van der Waals surface area (Å²) in [5.41, 5.74) is 0. The summed E-state index contributed by atoms with van der Waals surface area (Å²) in [6.07, 6.45) is 11.2. The van der Waals surface area contributed by atoms with E-state index < -0.39 is 5.97 Å². The summed E-state index contributed by atoms with van der Waals surface area (Å²) < 4.78 is 0. The molecule has 0 fully saturated rings. The fourth-order valence-electron chi connectivity index (χ4n) is 2.96. The Morgan fingerprint density at radius 3 is 1.67 bits per heavy atom. The monoisotopic (exact) mass is 339 g/mol. The highest BCUT2D eigenvalue weighted by molar-refractivity contribution is 5.93. The van der Waals surface area contributed by atoms with Crippen LogP contribution in [0, 0.1) is 11.8 Å². The molecule has 0 aliphatic carbocycles. The van der Waals surface area contributed by atoms with Gasteiger partial charge in [0.2, 0.25) is 5.91 Å². The molecular formula is C20H37NO3. The molecule has 0 aromatic carbocycles. The zero-order valence-corrected chi connectivity index (χ0v) is 16.1. The molecule has 0 aliphatic rings. The zero-order valence-electron chi connectivity index (χ0n) is 16.1. The molecule has 0 saturated heterocycles. The number of aliphatic carboxylic acids is 1. The minimum atomic E-state index is -1.07. The smallest absolute Gasteiger partial charge is 0.328 e. The van der Waals surface area contributed by atoms with Gasteiger partial charge in [-0.1, -0.05) is 66.2 Å². The van der Waals surface area contributed by atoms with Crippen LogP contribution < -0.4 is 0 Å². The van der Waals surface area contributed by atoms with Crippen LogP contribution in [0.2, 0.25) is 0 Å². The Balaban J connectivity index is 4.97. The van der Waals surface area contributed by atoms with E-state index in [1.165, 1.54) is 18.9 Å². The minimum absolute atomic E-state index is 0.165. The highest BCUT2D eigenvalue weighted by Crippen LogP contribution is 2.19. The third-order valence-corrected chi connectivity index (χ3v) is 4.72. The molecule has 0 saturated carbocycles. The quantitative estimate of drug-likeness (QED) is 0.458. The number of rotatable bonds is 14. The first-order valence-electron chi connectivity index (χ1n) is 9.68. The summed E-state index contributed by atoms with van der Waals surface area (Å²) in [6, 6.07) is 0. The summed E-state index contributed by atoms with van der Waals surface area (Å²) in [6.45, 7) is 10.2. The molecular weight excluding hydrogens is 302 g/mol. The number of carbonyl (C=O) groups is 2. The second-order valence-corrected chi connectivity index (χ2v) is 6.75. The van der Waals surface area contributed by atoms with E-state index in [-0.39, 0.29) is 5.91 Å². The molecule has 0 aromatic rings. The molecule has 1 amide bonds. The van der Waals surface area contributed by atoms with Crippen LogP contribution in [-0.2, 0) is 9.59 Å². The predicted molar refractivity (Wildman–Crippen MR) is 100.0 cm³/mol. The molecule has 0 bridgehead atoms. The highest BCUT2D eigenvalue weighted by Gasteiger charge is 2.20. The predicted octanol–water partition coefficient (Wildman–Crippen LogP) is 4.89. The normalized spacial score (nSPS) is 13.8. The minimum Gasteiger partial charge on any atom is -0.478 e. The Labute approximate surface area is 148 Å². The van der Waals surface area contributed by atoms with E-state index in [1.807, 2.05) is 4.90 Å². The van der Waals surface area contributed by atoms with Crippen molar-refractivity contribution in [1.82, 2.24) is 4.90 Å². The molecule has 24 heavy (non-hydrogen) atoms. The first kappa shape index (κ1) is 22.7. The van der Waals surface area contributed by atoms with Gasteiger partial charge in [-0.05, 0) is 24.7 Å². The number of hydrogen-bond acceptors (Lipinski definition) is 2. The number of nitrogens with zero attached hydrogens (tertiary/aromatic N) is 1. The lowest BCUT2D eigenvalue weighted by atomic mass is 9.95. The van der Waals surface area contributed by atoms with Crippen molar-refractivity contribution in [3.05, 3.63) is 12.2 Å². The van der Waals surface area contributed by atoms with E-state index in [0.717, 1.165) is 57.7 Å². The van der Waals surface area contributed by atoms with Crippen LogP contribution in [0.4, 0.5) is 0 Å². The number of carboxylic acids is 1. The highest BCUT2D eigenvalue weighted by atomic mass is 16.4. The molecule has 2 unspecified atom stereocenters. The van der Waals surface area contributed by atoms with Gasteiger partial charge in [0.15, 0.2) is 0 Å². The first-order chi connectivity index (χ1) is 11.5. The zero-order chi connectivity index (χ0) is 18.4. The van der Waals surface area contributed by atoms with E-state index in [1.54, 1.807) is 0 Å². The summed E-state index contributed by atoms with van der Waals surface area (Å²) >= 11 is 0. The first-order valence-corrected chi connectivity index (χ1v) is 9.68. The van der Waals surface area contributed by atoms with Crippen molar-refractivity contribution in [3.63, 3.8) is 0 Å². The lowest BCUT2D eigenvalue weighted by Crippen LogP contribution is -2.38. The number of amides is 1. The van der Waals surface area contributed by atoms with Crippen molar-refractivity contribution >= 4 is 11.9 Å². The van der Waals surface area contributed by atoms with Crippen molar-refractivity contribution < 1.29 is 14.7 Å². The van der Waals surface area contributed by atoms with Crippen LogP contribution in [-0.4, -0.2) is 35.0 Å². The maximum Gasteiger partial charge on any atom is 0.328 e. The molecule has 0 rings (SSSR count). The van der Waals surface area contributed by atoms with Gasteiger partial charge in [0.05, 0.1) is 0 Å². The third-order valence-electron chi connectivity index (χ3n) is 4.72. The molecule has 2 atom stereocenters. The van der Waals surface area contributed by atoms with Crippen LogP contribution in [0.25, 0.3) is 0 Å². The molecule has 0 aromatic heterocycles. The average molecular weight is 340 g/mol. The Morgan fingerprint density at radius 2 is 1.33 bits per heavy atom. The van der Waals surface area contributed by atoms with Crippen molar-refractivity contribution in [2.45, 2.75) is 79.1 Å². The van der Waals surface area contributed by atoms with Gasteiger partial charge in [-0.3, -0.25) is 4.79 Å².